The van der Waals surface area contributed by atoms with Gasteiger partial charge in [-0.1, -0.05) is 0 Å². The van der Waals surface area contributed by atoms with Gasteiger partial charge >= 0.3 is 5.69 Å². The molecule has 2 heterocycles. The fourth-order valence-electron chi connectivity index (χ4n) is 1.43. The fraction of sp³-hybridized carbons (Fsp3) is 0.300. The summed E-state index contributed by atoms with van der Waals surface area (Å²) >= 11 is 0. The van der Waals surface area contributed by atoms with Crippen LogP contribution in [0.4, 0.5) is 17.5 Å². The maximum Gasteiger partial charge on any atom is 0.329 e. The van der Waals surface area contributed by atoms with Gasteiger partial charge in [0.15, 0.2) is 0 Å². The maximum absolute atomic E-state index is 10.6. The summed E-state index contributed by atoms with van der Waals surface area (Å²) in [5.41, 5.74) is 5.14. The van der Waals surface area contributed by atoms with Gasteiger partial charge in [-0.3, -0.25) is 10.1 Å². The molecular formula is C10H12N6O3. The number of nitrogens with one attached hydrogen (secondary N) is 1. The zero-order valence-corrected chi connectivity index (χ0v) is 10.3. The Morgan fingerprint density at radius 1 is 1.47 bits per heavy atom. The summed E-state index contributed by atoms with van der Waals surface area (Å²) in [6.07, 6.45) is 2.65. The van der Waals surface area contributed by atoms with Crippen LogP contribution < -0.4 is 11.1 Å². The minimum atomic E-state index is -0.639. The topological polar surface area (TPSA) is 133 Å². The molecule has 1 atom stereocenters. The third-order valence-electron chi connectivity index (χ3n) is 2.35. The van der Waals surface area contributed by atoms with Gasteiger partial charge < -0.3 is 15.5 Å². The number of aryl methyl sites for hydroxylation is 1. The number of nitro groups is 1. The number of nitrogens with zero attached hydrogens (tertiary/aromatic N) is 4. The van der Waals surface area contributed by atoms with Gasteiger partial charge in [-0.05, 0) is 13.8 Å². The molecule has 9 heteroatoms. The summed E-state index contributed by atoms with van der Waals surface area (Å²) in [6, 6.07) is -0.283. The van der Waals surface area contributed by atoms with Crippen molar-refractivity contribution in [2.24, 2.45) is 0 Å². The lowest BCUT2D eigenvalue weighted by Crippen LogP contribution is -2.11. The van der Waals surface area contributed by atoms with Crippen LogP contribution in [-0.2, 0) is 0 Å². The first-order valence-electron chi connectivity index (χ1n) is 5.43. The molecular weight excluding hydrogens is 252 g/mol. The van der Waals surface area contributed by atoms with Crippen molar-refractivity contribution in [2.45, 2.75) is 19.9 Å². The van der Waals surface area contributed by atoms with E-state index in [4.69, 9.17) is 10.2 Å². The molecule has 0 saturated heterocycles. The molecule has 19 heavy (non-hydrogen) atoms. The summed E-state index contributed by atoms with van der Waals surface area (Å²) in [5, 5.41) is 13.5. The lowest BCUT2D eigenvalue weighted by Gasteiger charge is -2.10. The third kappa shape index (κ3) is 2.76. The molecule has 0 bridgehead atoms. The summed E-state index contributed by atoms with van der Waals surface area (Å²) in [4.78, 5) is 21.6. The molecule has 0 spiro atoms. The van der Waals surface area contributed by atoms with E-state index in [1.807, 2.05) is 0 Å². The van der Waals surface area contributed by atoms with Crippen molar-refractivity contribution >= 4 is 17.5 Å². The largest absolute Gasteiger partial charge is 0.444 e. The second-order valence-corrected chi connectivity index (χ2v) is 3.90. The highest BCUT2D eigenvalue weighted by Gasteiger charge is 2.17. The molecule has 2 aromatic rings. The maximum atomic E-state index is 10.6. The molecule has 3 N–H and O–H groups in total. The van der Waals surface area contributed by atoms with Crippen molar-refractivity contribution in [1.29, 1.82) is 0 Å². The molecule has 0 aromatic carbocycles. The molecule has 0 unspecified atom stereocenters. The van der Waals surface area contributed by atoms with Crippen molar-refractivity contribution in [1.82, 2.24) is 15.0 Å². The van der Waals surface area contributed by atoms with E-state index in [1.165, 1.54) is 0 Å². The Hall–Kier alpha value is -2.71. The van der Waals surface area contributed by atoms with Gasteiger partial charge in [-0.15, -0.1) is 0 Å². The Morgan fingerprint density at radius 2 is 2.21 bits per heavy atom. The van der Waals surface area contributed by atoms with Crippen molar-refractivity contribution in [3.05, 3.63) is 34.2 Å². The van der Waals surface area contributed by atoms with Crippen LogP contribution in [0.15, 0.2) is 16.8 Å². The van der Waals surface area contributed by atoms with E-state index in [1.54, 1.807) is 20.0 Å². The van der Waals surface area contributed by atoms with Crippen LogP contribution in [0.5, 0.6) is 0 Å². The van der Waals surface area contributed by atoms with Crippen LogP contribution in [0.1, 0.15) is 24.6 Å². The zero-order chi connectivity index (χ0) is 14.0. The fourth-order valence-corrected chi connectivity index (χ4v) is 1.43. The van der Waals surface area contributed by atoms with Crippen molar-refractivity contribution in [3.8, 4) is 0 Å². The third-order valence-corrected chi connectivity index (χ3v) is 2.35. The minimum Gasteiger partial charge on any atom is -0.444 e. The number of rotatable bonds is 4. The minimum absolute atomic E-state index is 0.173. The second-order valence-electron chi connectivity index (χ2n) is 3.90. The van der Waals surface area contributed by atoms with Crippen molar-refractivity contribution < 1.29 is 9.34 Å². The monoisotopic (exact) mass is 264 g/mol. The quantitative estimate of drug-likeness (QED) is 0.625. The van der Waals surface area contributed by atoms with Gasteiger partial charge in [0.05, 0.1) is 11.1 Å². The van der Waals surface area contributed by atoms with E-state index in [2.05, 4.69) is 20.3 Å². The Morgan fingerprint density at radius 3 is 2.74 bits per heavy atom. The first-order valence-corrected chi connectivity index (χ1v) is 5.43. The van der Waals surface area contributed by atoms with Crippen LogP contribution in [0.3, 0.4) is 0 Å². The number of anilines is 2. The Labute approximate surface area is 108 Å². The van der Waals surface area contributed by atoms with Crippen LogP contribution in [-0.4, -0.2) is 19.9 Å². The first-order chi connectivity index (χ1) is 8.97. The van der Waals surface area contributed by atoms with Gasteiger partial charge in [0, 0.05) is 0 Å². The predicted molar refractivity (Wildman–Crippen MR) is 66.4 cm³/mol. The highest BCUT2D eigenvalue weighted by Crippen LogP contribution is 2.21. The van der Waals surface area contributed by atoms with Gasteiger partial charge in [-0.25, -0.2) is 9.97 Å². The number of hydrogen-bond donors (Lipinski definition) is 2. The number of aromatic nitrogens is 3. The number of nitrogen functional groups attached to an aromatic ring is 1. The summed E-state index contributed by atoms with van der Waals surface area (Å²) in [5.74, 6) is 1.13. The van der Waals surface area contributed by atoms with Crippen LogP contribution in [0.25, 0.3) is 0 Å². The Bertz CT molecular complexity index is 611. The number of hydrogen-bond acceptors (Lipinski definition) is 8. The first kappa shape index (κ1) is 12.7. The van der Waals surface area contributed by atoms with E-state index >= 15 is 0 Å². The summed E-state index contributed by atoms with van der Waals surface area (Å²) < 4.78 is 5.34. The molecule has 2 aromatic heterocycles. The SMILES string of the molecule is Cc1cnc([C@H](C)Nc2ncc([N+](=O)[O-])c(N)n2)o1. The molecule has 0 amide bonds. The van der Waals surface area contributed by atoms with E-state index in [0.717, 1.165) is 6.20 Å². The summed E-state index contributed by atoms with van der Waals surface area (Å²) in [6.45, 7) is 3.58. The van der Waals surface area contributed by atoms with Crippen LogP contribution >= 0.6 is 0 Å². The predicted octanol–water partition coefficient (Wildman–Crippen LogP) is 1.44. The van der Waals surface area contributed by atoms with Crippen LogP contribution in [0.2, 0.25) is 0 Å². The molecule has 0 radical (unpaired) electrons. The molecule has 0 saturated carbocycles. The standard InChI is InChI=1S/C10H12N6O3/c1-5-3-12-9(19-5)6(2)14-10-13-4-7(16(17)18)8(11)15-10/h3-4,6H,1-2H3,(H3,11,13,14,15)/t6-/m0/s1. The number of nitrogens with two attached hydrogens (primary N) is 1. The lowest BCUT2D eigenvalue weighted by atomic mass is 10.3. The molecule has 0 aliphatic rings. The van der Waals surface area contributed by atoms with Crippen molar-refractivity contribution in [2.75, 3.05) is 11.1 Å². The molecule has 2 rings (SSSR count). The molecule has 100 valence electrons. The molecule has 0 aliphatic carbocycles. The van der Waals surface area contributed by atoms with Gasteiger partial charge in [0.25, 0.3) is 0 Å². The average molecular weight is 264 g/mol. The van der Waals surface area contributed by atoms with Crippen molar-refractivity contribution in [3.63, 3.8) is 0 Å². The zero-order valence-electron chi connectivity index (χ0n) is 10.3. The van der Waals surface area contributed by atoms with Gasteiger partial charge in [0.2, 0.25) is 17.7 Å². The highest BCUT2D eigenvalue weighted by atomic mass is 16.6. The molecule has 9 nitrogen and oxygen atoms in total. The van der Waals surface area contributed by atoms with E-state index < -0.39 is 4.92 Å². The van der Waals surface area contributed by atoms with Crippen LogP contribution in [0, 0.1) is 17.0 Å². The van der Waals surface area contributed by atoms with E-state index in [-0.39, 0.29) is 23.5 Å². The molecule has 0 aliphatic heterocycles. The van der Waals surface area contributed by atoms with E-state index in [9.17, 15) is 10.1 Å². The normalized spacial score (nSPS) is 12.1. The second kappa shape index (κ2) is 4.88. The average Bonchev–Trinajstić information content (AvgIpc) is 2.75. The smallest absolute Gasteiger partial charge is 0.329 e. The highest BCUT2D eigenvalue weighted by molar-refractivity contribution is 5.53. The van der Waals surface area contributed by atoms with Gasteiger partial charge in [0.1, 0.15) is 18.0 Å². The summed E-state index contributed by atoms with van der Waals surface area (Å²) in [7, 11) is 0. The lowest BCUT2D eigenvalue weighted by molar-refractivity contribution is -0.384. The van der Waals surface area contributed by atoms with Gasteiger partial charge in [-0.2, -0.15) is 4.98 Å². The van der Waals surface area contributed by atoms with E-state index in [0.29, 0.717) is 11.7 Å². The Kier molecular flexibility index (Phi) is 3.27. The number of oxazole rings is 1. The Balaban J connectivity index is 2.15. The molecule has 0 fully saturated rings.